The lowest BCUT2D eigenvalue weighted by Gasteiger charge is -2.15. The van der Waals surface area contributed by atoms with E-state index in [1.165, 1.54) is 11.9 Å². The van der Waals surface area contributed by atoms with E-state index in [4.69, 9.17) is 10.5 Å². The molecule has 0 aliphatic rings. The Morgan fingerprint density at radius 1 is 1.25 bits per heavy atom. The van der Waals surface area contributed by atoms with Crippen molar-refractivity contribution in [2.24, 2.45) is 0 Å². The molecule has 0 bridgehead atoms. The molecule has 106 valence electrons. The summed E-state index contributed by atoms with van der Waals surface area (Å²) in [4.78, 5) is 8.25. The number of hydrogen-bond donors (Lipinski definition) is 2. The molecular formula is C15H20N4O. The molecule has 5 heteroatoms. The highest BCUT2D eigenvalue weighted by molar-refractivity contribution is 5.67. The van der Waals surface area contributed by atoms with Gasteiger partial charge in [-0.1, -0.05) is 24.6 Å². The normalized spacial score (nSPS) is 11.9. The molecule has 2 rings (SSSR count). The van der Waals surface area contributed by atoms with Gasteiger partial charge in [-0.05, 0) is 32.4 Å². The second-order valence-corrected chi connectivity index (χ2v) is 4.81. The fourth-order valence-electron chi connectivity index (χ4n) is 1.63. The number of nitrogens with zero attached hydrogens (tertiary/aromatic N) is 2. The molecular weight excluding hydrogens is 252 g/mol. The molecule has 5 nitrogen and oxygen atoms in total. The Hall–Kier alpha value is -2.30. The van der Waals surface area contributed by atoms with Crippen LogP contribution in [-0.4, -0.2) is 16.0 Å². The first kappa shape index (κ1) is 14.1. The van der Waals surface area contributed by atoms with Crippen molar-refractivity contribution in [1.82, 2.24) is 9.97 Å². The minimum Gasteiger partial charge on any atom is -0.437 e. The second-order valence-electron chi connectivity index (χ2n) is 4.81. The largest absolute Gasteiger partial charge is 0.437 e. The zero-order chi connectivity index (χ0) is 14.5. The maximum absolute atomic E-state index is 6.05. The molecule has 2 aromatic rings. The number of aromatic nitrogens is 2. The lowest BCUT2D eigenvalue weighted by atomic mass is 10.2. The number of nitrogen functional groups attached to an aromatic ring is 1. The van der Waals surface area contributed by atoms with Crippen LogP contribution < -0.4 is 15.8 Å². The second kappa shape index (κ2) is 6.23. The van der Waals surface area contributed by atoms with E-state index in [1.54, 1.807) is 0 Å². The van der Waals surface area contributed by atoms with Crippen LogP contribution in [0.2, 0.25) is 0 Å². The van der Waals surface area contributed by atoms with Gasteiger partial charge in [0, 0.05) is 6.04 Å². The fraction of sp³-hybridized carbons (Fsp3) is 0.333. The number of nitrogens with one attached hydrogen (secondary N) is 1. The summed E-state index contributed by atoms with van der Waals surface area (Å²) in [6.45, 7) is 6.19. The van der Waals surface area contributed by atoms with Crippen LogP contribution in [0.4, 0.5) is 11.5 Å². The van der Waals surface area contributed by atoms with E-state index in [2.05, 4.69) is 29.1 Å². The highest BCUT2D eigenvalue weighted by atomic mass is 16.5. The van der Waals surface area contributed by atoms with Crippen LogP contribution in [0.3, 0.4) is 0 Å². The molecule has 0 aliphatic carbocycles. The van der Waals surface area contributed by atoms with Gasteiger partial charge < -0.3 is 15.8 Å². The Labute approximate surface area is 119 Å². The van der Waals surface area contributed by atoms with Gasteiger partial charge in [-0.15, -0.1) is 0 Å². The Kier molecular flexibility index (Phi) is 4.40. The van der Waals surface area contributed by atoms with Crippen molar-refractivity contribution in [3.8, 4) is 11.6 Å². The summed E-state index contributed by atoms with van der Waals surface area (Å²) >= 11 is 0. The van der Waals surface area contributed by atoms with Crippen molar-refractivity contribution in [3.63, 3.8) is 0 Å². The predicted octanol–water partition coefficient (Wildman–Crippen LogP) is 3.37. The van der Waals surface area contributed by atoms with E-state index >= 15 is 0 Å². The van der Waals surface area contributed by atoms with Gasteiger partial charge in [0.25, 0.3) is 0 Å². The van der Waals surface area contributed by atoms with Crippen LogP contribution in [-0.2, 0) is 0 Å². The van der Waals surface area contributed by atoms with Gasteiger partial charge in [0.15, 0.2) is 5.82 Å². The molecule has 1 unspecified atom stereocenters. The van der Waals surface area contributed by atoms with Gasteiger partial charge in [0.2, 0.25) is 5.88 Å². The molecule has 0 saturated carbocycles. The van der Waals surface area contributed by atoms with Gasteiger partial charge in [0.05, 0.1) is 0 Å². The molecule has 0 spiro atoms. The van der Waals surface area contributed by atoms with Crippen LogP contribution in [0.1, 0.15) is 25.8 Å². The standard InChI is InChI=1S/C15H20N4O/c1-4-11(3)19-14-13(16)15(18-9-17-14)20-12-7-5-10(2)6-8-12/h5-9,11H,4,16H2,1-3H3,(H,17,18,19). The fourth-order valence-corrected chi connectivity index (χ4v) is 1.63. The van der Waals surface area contributed by atoms with Crippen molar-refractivity contribution in [1.29, 1.82) is 0 Å². The number of ether oxygens (including phenoxy) is 1. The molecule has 1 aromatic heterocycles. The molecule has 0 aliphatic heterocycles. The summed E-state index contributed by atoms with van der Waals surface area (Å²) in [6, 6.07) is 8.02. The Bertz CT molecular complexity index is 569. The minimum absolute atomic E-state index is 0.291. The smallest absolute Gasteiger partial charge is 0.248 e. The summed E-state index contributed by atoms with van der Waals surface area (Å²) in [5.74, 6) is 1.68. The van der Waals surface area contributed by atoms with Gasteiger partial charge in [0.1, 0.15) is 17.8 Å². The summed E-state index contributed by atoms with van der Waals surface area (Å²) in [5.41, 5.74) is 7.65. The Morgan fingerprint density at radius 2 is 1.95 bits per heavy atom. The van der Waals surface area contributed by atoms with Crippen LogP contribution >= 0.6 is 0 Å². The van der Waals surface area contributed by atoms with E-state index in [-0.39, 0.29) is 0 Å². The zero-order valence-electron chi connectivity index (χ0n) is 12.1. The first-order valence-electron chi connectivity index (χ1n) is 6.71. The van der Waals surface area contributed by atoms with Gasteiger partial charge in [-0.2, -0.15) is 4.98 Å². The molecule has 0 amide bonds. The van der Waals surface area contributed by atoms with Gasteiger partial charge in [-0.3, -0.25) is 0 Å². The summed E-state index contributed by atoms with van der Waals surface area (Å²) in [7, 11) is 0. The molecule has 1 heterocycles. The maximum atomic E-state index is 6.05. The lowest BCUT2D eigenvalue weighted by Crippen LogP contribution is -2.16. The van der Waals surface area contributed by atoms with Gasteiger partial charge in [-0.25, -0.2) is 4.98 Å². The first-order valence-corrected chi connectivity index (χ1v) is 6.71. The molecule has 0 fully saturated rings. The van der Waals surface area contributed by atoms with Crippen molar-refractivity contribution in [3.05, 3.63) is 36.2 Å². The highest BCUT2D eigenvalue weighted by Gasteiger charge is 2.11. The molecule has 0 radical (unpaired) electrons. The van der Waals surface area contributed by atoms with Crippen LogP contribution in [0.25, 0.3) is 0 Å². The third-order valence-electron chi connectivity index (χ3n) is 3.08. The van der Waals surface area contributed by atoms with Crippen molar-refractivity contribution in [2.45, 2.75) is 33.2 Å². The monoisotopic (exact) mass is 272 g/mol. The van der Waals surface area contributed by atoms with E-state index in [0.29, 0.717) is 29.2 Å². The maximum Gasteiger partial charge on any atom is 0.248 e. The van der Waals surface area contributed by atoms with Crippen LogP contribution in [0.5, 0.6) is 11.6 Å². The summed E-state index contributed by atoms with van der Waals surface area (Å²) in [5, 5.41) is 3.24. The zero-order valence-corrected chi connectivity index (χ0v) is 12.1. The number of benzene rings is 1. The quantitative estimate of drug-likeness (QED) is 0.873. The van der Waals surface area contributed by atoms with E-state index in [9.17, 15) is 0 Å². The third kappa shape index (κ3) is 3.38. The SMILES string of the molecule is CCC(C)Nc1ncnc(Oc2ccc(C)cc2)c1N. The topological polar surface area (TPSA) is 73.1 Å². The number of aryl methyl sites for hydroxylation is 1. The molecule has 0 saturated heterocycles. The minimum atomic E-state index is 0.291. The summed E-state index contributed by atoms with van der Waals surface area (Å²) < 4.78 is 5.70. The highest BCUT2D eigenvalue weighted by Crippen LogP contribution is 2.29. The number of nitrogens with two attached hydrogens (primary N) is 1. The Balaban J connectivity index is 2.20. The van der Waals surface area contributed by atoms with Crippen molar-refractivity contribution < 1.29 is 4.74 Å². The van der Waals surface area contributed by atoms with Crippen LogP contribution in [0.15, 0.2) is 30.6 Å². The van der Waals surface area contributed by atoms with Crippen LogP contribution in [0, 0.1) is 6.92 Å². The molecule has 20 heavy (non-hydrogen) atoms. The van der Waals surface area contributed by atoms with Crippen molar-refractivity contribution in [2.75, 3.05) is 11.1 Å². The number of hydrogen-bond acceptors (Lipinski definition) is 5. The first-order chi connectivity index (χ1) is 9.60. The Morgan fingerprint density at radius 3 is 2.60 bits per heavy atom. The van der Waals surface area contributed by atoms with E-state index in [1.807, 2.05) is 31.2 Å². The number of rotatable bonds is 5. The average molecular weight is 272 g/mol. The van der Waals surface area contributed by atoms with E-state index in [0.717, 1.165) is 6.42 Å². The molecule has 1 atom stereocenters. The molecule has 1 aromatic carbocycles. The predicted molar refractivity (Wildman–Crippen MR) is 81.1 cm³/mol. The van der Waals surface area contributed by atoms with Crippen molar-refractivity contribution >= 4 is 11.5 Å². The lowest BCUT2D eigenvalue weighted by molar-refractivity contribution is 0.464. The number of anilines is 2. The average Bonchev–Trinajstić information content (AvgIpc) is 2.45. The van der Waals surface area contributed by atoms with E-state index < -0.39 is 0 Å². The third-order valence-corrected chi connectivity index (χ3v) is 3.08. The summed E-state index contributed by atoms with van der Waals surface area (Å²) in [6.07, 6.45) is 2.43. The van der Waals surface area contributed by atoms with Gasteiger partial charge >= 0.3 is 0 Å². The molecule has 3 N–H and O–H groups in total.